The molecule has 3 aliphatic rings. The molecular weight excluding hydrogens is 414 g/mol. The number of rotatable bonds is 8. The molecule has 0 aromatic heterocycles. The summed E-state index contributed by atoms with van der Waals surface area (Å²) >= 11 is 0. The lowest BCUT2D eigenvalue weighted by Gasteiger charge is -2.33. The van der Waals surface area contributed by atoms with Gasteiger partial charge >= 0.3 is 0 Å². The van der Waals surface area contributed by atoms with Crippen LogP contribution < -0.4 is 16.0 Å². The molecule has 3 N–H and O–H groups in total. The number of hydrogen-bond donors (Lipinski definition) is 3. The minimum absolute atomic E-state index is 0.0989. The molecule has 0 aliphatic carbocycles. The third-order valence-corrected chi connectivity index (χ3v) is 6.15. The van der Waals surface area contributed by atoms with Gasteiger partial charge in [0.2, 0.25) is 11.8 Å². The van der Waals surface area contributed by atoms with Crippen LogP contribution in [-0.4, -0.2) is 92.0 Å². The fraction of sp³-hybridized carbons (Fsp3) is 0.545. The average Bonchev–Trinajstić information content (AvgIpc) is 3.04. The Bertz CT molecular complexity index is 920. The van der Waals surface area contributed by atoms with Crippen LogP contribution >= 0.6 is 0 Å². The van der Waals surface area contributed by atoms with E-state index in [9.17, 15) is 19.2 Å². The van der Waals surface area contributed by atoms with Crippen molar-refractivity contribution in [1.29, 1.82) is 0 Å². The van der Waals surface area contributed by atoms with Crippen molar-refractivity contribution in [2.75, 3.05) is 51.7 Å². The second-order valence-electron chi connectivity index (χ2n) is 8.29. The summed E-state index contributed by atoms with van der Waals surface area (Å²) in [5.74, 6) is -2.00. The number of morpholine rings is 1. The highest BCUT2D eigenvalue weighted by Crippen LogP contribution is 2.32. The molecule has 0 saturated carbocycles. The summed E-state index contributed by atoms with van der Waals surface area (Å²) in [5, 5.41) is 8.65. The van der Waals surface area contributed by atoms with E-state index in [0.29, 0.717) is 18.8 Å². The summed E-state index contributed by atoms with van der Waals surface area (Å²) in [6.07, 6.45) is 1.10. The number of nitrogens with zero attached hydrogens (tertiary/aromatic N) is 2. The van der Waals surface area contributed by atoms with E-state index in [1.807, 2.05) is 7.05 Å². The largest absolute Gasteiger partial charge is 0.384 e. The van der Waals surface area contributed by atoms with Gasteiger partial charge in [-0.05, 0) is 32.0 Å². The molecule has 2 saturated heterocycles. The third-order valence-electron chi connectivity index (χ3n) is 6.15. The molecule has 2 atom stereocenters. The first-order chi connectivity index (χ1) is 15.5. The molecule has 0 radical (unpaired) electrons. The maximum atomic E-state index is 13.1. The zero-order chi connectivity index (χ0) is 22.7. The summed E-state index contributed by atoms with van der Waals surface area (Å²) in [4.78, 5) is 53.1. The number of carbonyl (C=O) groups is 4. The van der Waals surface area contributed by atoms with Crippen LogP contribution in [-0.2, 0) is 14.3 Å². The third kappa shape index (κ3) is 4.52. The van der Waals surface area contributed by atoms with Gasteiger partial charge in [-0.15, -0.1) is 0 Å². The molecule has 1 aromatic carbocycles. The first kappa shape index (κ1) is 22.4. The zero-order valence-corrected chi connectivity index (χ0v) is 18.2. The van der Waals surface area contributed by atoms with Gasteiger partial charge in [0, 0.05) is 44.8 Å². The van der Waals surface area contributed by atoms with E-state index in [0.717, 1.165) is 37.5 Å². The lowest BCUT2D eigenvalue weighted by atomic mass is 10.0. The number of amides is 4. The molecule has 32 heavy (non-hydrogen) atoms. The van der Waals surface area contributed by atoms with Crippen molar-refractivity contribution < 1.29 is 23.9 Å². The standard InChI is InChI=1S/C22H29N5O5/c1-23-9-10-26-11-12-32-14(13-26)7-8-24-16-4-2-3-15-19(16)22(31)27(21(15)30)17-5-6-18(28)25-20(17)29/h2-4,14,17,23-24H,5-13H2,1H3,(H,25,28,29)/t14-,17?/m0/s1. The topological polar surface area (TPSA) is 120 Å². The van der Waals surface area contributed by atoms with Crippen LogP contribution in [0, 0.1) is 0 Å². The first-order valence-corrected chi connectivity index (χ1v) is 11.1. The maximum Gasteiger partial charge on any atom is 0.264 e. The van der Waals surface area contributed by atoms with Gasteiger partial charge in [0.25, 0.3) is 11.8 Å². The smallest absolute Gasteiger partial charge is 0.264 e. The molecule has 172 valence electrons. The molecule has 0 spiro atoms. The Hall–Kier alpha value is -2.82. The van der Waals surface area contributed by atoms with E-state index in [1.165, 1.54) is 0 Å². The van der Waals surface area contributed by atoms with Crippen molar-refractivity contribution in [2.24, 2.45) is 0 Å². The number of piperidine rings is 1. The van der Waals surface area contributed by atoms with Crippen LogP contribution in [0.2, 0.25) is 0 Å². The normalized spacial score (nSPS) is 24.0. The van der Waals surface area contributed by atoms with Crippen LogP contribution in [0.1, 0.15) is 40.0 Å². The van der Waals surface area contributed by atoms with E-state index in [4.69, 9.17) is 4.74 Å². The number of ether oxygens (including phenoxy) is 1. The SMILES string of the molecule is CNCCN1CCO[C@@H](CCNc2cccc3c2C(=O)N(C2CCC(=O)NC2=O)C3=O)C1. The summed E-state index contributed by atoms with van der Waals surface area (Å²) in [5.41, 5.74) is 1.12. The monoisotopic (exact) mass is 443 g/mol. The van der Waals surface area contributed by atoms with E-state index < -0.39 is 23.8 Å². The second-order valence-corrected chi connectivity index (χ2v) is 8.29. The van der Waals surface area contributed by atoms with Crippen molar-refractivity contribution in [3.05, 3.63) is 29.3 Å². The maximum absolute atomic E-state index is 13.1. The van der Waals surface area contributed by atoms with Gasteiger partial charge in [0.1, 0.15) is 6.04 Å². The van der Waals surface area contributed by atoms with Crippen molar-refractivity contribution in [3.8, 4) is 0 Å². The first-order valence-electron chi connectivity index (χ1n) is 11.1. The van der Waals surface area contributed by atoms with Crippen LogP contribution in [0.25, 0.3) is 0 Å². The van der Waals surface area contributed by atoms with Crippen molar-refractivity contribution in [3.63, 3.8) is 0 Å². The number of anilines is 1. The number of benzene rings is 1. The van der Waals surface area contributed by atoms with Gasteiger partial charge in [-0.2, -0.15) is 0 Å². The Labute approximate surface area is 186 Å². The quantitative estimate of drug-likeness (QED) is 0.473. The van der Waals surface area contributed by atoms with Gasteiger partial charge in [0.15, 0.2) is 0 Å². The highest BCUT2D eigenvalue weighted by Gasteiger charge is 2.45. The Morgan fingerprint density at radius 3 is 2.78 bits per heavy atom. The zero-order valence-electron chi connectivity index (χ0n) is 18.2. The Balaban J connectivity index is 1.40. The molecule has 10 nitrogen and oxygen atoms in total. The predicted octanol–water partition coefficient (Wildman–Crippen LogP) is -0.190. The summed E-state index contributed by atoms with van der Waals surface area (Å²) in [6, 6.07) is 4.11. The number of likely N-dealkylation sites (N-methyl/N-ethyl adjacent to an activating group) is 1. The minimum atomic E-state index is -0.966. The van der Waals surface area contributed by atoms with Crippen LogP contribution in [0.5, 0.6) is 0 Å². The van der Waals surface area contributed by atoms with Gasteiger partial charge in [-0.1, -0.05) is 6.07 Å². The molecule has 4 rings (SSSR count). The molecule has 10 heteroatoms. The molecule has 2 fully saturated rings. The highest BCUT2D eigenvalue weighted by atomic mass is 16.5. The summed E-state index contributed by atoms with van der Waals surface area (Å²) in [7, 11) is 1.94. The number of fused-ring (bicyclic) bond motifs is 1. The van der Waals surface area contributed by atoms with Gasteiger partial charge in [-0.3, -0.25) is 34.3 Å². The molecule has 1 aromatic rings. The minimum Gasteiger partial charge on any atom is -0.384 e. The molecule has 3 heterocycles. The number of nitrogens with one attached hydrogen (secondary N) is 3. The molecule has 1 unspecified atom stereocenters. The summed E-state index contributed by atoms with van der Waals surface area (Å²) < 4.78 is 5.87. The van der Waals surface area contributed by atoms with Crippen molar-refractivity contribution in [1.82, 2.24) is 20.4 Å². The van der Waals surface area contributed by atoms with E-state index >= 15 is 0 Å². The average molecular weight is 444 g/mol. The molecule has 0 bridgehead atoms. The van der Waals surface area contributed by atoms with Crippen LogP contribution in [0.3, 0.4) is 0 Å². The Kier molecular flexibility index (Phi) is 6.83. The lowest BCUT2D eigenvalue weighted by molar-refractivity contribution is -0.136. The van der Waals surface area contributed by atoms with E-state index in [2.05, 4.69) is 20.9 Å². The molecule has 4 amide bonds. The number of carbonyl (C=O) groups excluding carboxylic acids is 4. The fourth-order valence-electron chi connectivity index (χ4n) is 4.46. The summed E-state index contributed by atoms with van der Waals surface area (Å²) in [6.45, 7) is 4.97. The fourth-order valence-corrected chi connectivity index (χ4v) is 4.46. The van der Waals surface area contributed by atoms with E-state index in [-0.39, 0.29) is 36.0 Å². The van der Waals surface area contributed by atoms with Gasteiger partial charge in [0.05, 0.1) is 23.8 Å². The van der Waals surface area contributed by atoms with Crippen molar-refractivity contribution in [2.45, 2.75) is 31.4 Å². The Morgan fingerprint density at radius 1 is 1.16 bits per heavy atom. The molecular formula is C22H29N5O5. The van der Waals surface area contributed by atoms with Crippen molar-refractivity contribution >= 4 is 29.3 Å². The number of hydrogen-bond acceptors (Lipinski definition) is 8. The molecule has 3 aliphatic heterocycles. The Morgan fingerprint density at radius 2 is 2.00 bits per heavy atom. The van der Waals surface area contributed by atoms with Crippen LogP contribution in [0.4, 0.5) is 5.69 Å². The predicted molar refractivity (Wildman–Crippen MR) is 116 cm³/mol. The lowest BCUT2D eigenvalue weighted by Crippen LogP contribution is -2.54. The highest BCUT2D eigenvalue weighted by molar-refractivity contribution is 6.25. The van der Waals surface area contributed by atoms with Gasteiger partial charge in [-0.25, -0.2) is 0 Å². The van der Waals surface area contributed by atoms with Crippen LogP contribution in [0.15, 0.2) is 18.2 Å². The number of imide groups is 2. The van der Waals surface area contributed by atoms with Gasteiger partial charge < -0.3 is 15.4 Å². The van der Waals surface area contributed by atoms with E-state index in [1.54, 1.807) is 18.2 Å². The second kappa shape index (κ2) is 9.76.